The maximum absolute atomic E-state index is 8.46. The molecule has 0 bridgehead atoms. The molecule has 110 valence electrons. The SMILES string of the molecule is C=CC(C)C(C)(C)CC#N.C=CC(C)C(C)(C)CI. The van der Waals surface area contributed by atoms with Crippen molar-refractivity contribution in [2.45, 2.75) is 48.0 Å². The van der Waals surface area contributed by atoms with Crippen LogP contribution in [-0.4, -0.2) is 4.43 Å². The van der Waals surface area contributed by atoms with Crippen LogP contribution in [0.2, 0.25) is 0 Å². The number of hydrogen-bond acceptors (Lipinski definition) is 1. The number of hydrogen-bond donors (Lipinski definition) is 0. The average Bonchev–Trinajstić information content (AvgIpc) is 2.37. The lowest BCUT2D eigenvalue weighted by atomic mass is 9.78. The van der Waals surface area contributed by atoms with Crippen molar-refractivity contribution in [1.82, 2.24) is 0 Å². The fourth-order valence-electron chi connectivity index (χ4n) is 1.12. The minimum Gasteiger partial charge on any atom is -0.198 e. The Morgan fingerprint density at radius 2 is 1.42 bits per heavy atom. The quantitative estimate of drug-likeness (QED) is 0.316. The molecular weight excluding hydrogens is 345 g/mol. The van der Waals surface area contributed by atoms with Gasteiger partial charge in [-0.3, -0.25) is 0 Å². The van der Waals surface area contributed by atoms with Gasteiger partial charge in [-0.25, -0.2) is 0 Å². The highest BCUT2D eigenvalue weighted by atomic mass is 127. The van der Waals surface area contributed by atoms with Crippen molar-refractivity contribution in [3.63, 3.8) is 0 Å². The van der Waals surface area contributed by atoms with Gasteiger partial charge in [-0.15, -0.1) is 13.2 Å². The predicted molar refractivity (Wildman–Crippen MR) is 95.4 cm³/mol. The number of halogens is 1. The third-order valence-corrected chi connectivity index (χ3v) is 6.02. The van der Waals surface area contributed by atoms with Crippen molar-refractivity contribution in [1.29, 1.82) is 5.26 Å². The Hall–Kier alpha value is -0.300. The first-order valence-electron chi connectivity index (χ1n) is 6.77. The van der Waals surface area contributed by atoms with E-state index in [-0.39, 0.29) is 5.41 Å². The molecule has 0 saturated heterocycles. The number of nitriles is 1. The van der Waals surface area contributed by atoms with Gasteiger partial charge in [-0.2, -0.15) is 5.26 Å². The van der Waals surface area contributed by atoms with Crippen LogP contribution in [0.4, 0.5) is 0 Å². The number of nitrogens with zero attached hydrogens (tertiary/aromatic N) is 1. The maximum Gasteiger partial charge on any atom is 0.0627 e. The molecule has 0 aromatic heterocycles. The van der Waals surface area contributed by atoms with E-state index in [1.165, 1.54) is 4.43 Å². The summed E-state index contributed by atoms with van der Waals surface area (Å²) in [5, 5.41) is 8.46. The summed E-state index contributed by atoms with van der Waals surface area (Å²) in [6.45, 7) is 20.5. The van der Waals surface area contributed by atoms with Crippen LogP contribution in [0.15, 0.2) is 25.3 Å². The van der Waals surface area contributed by atoms with Gasteiger partial charge >= 0.3 is 0 Å². The van der Waals surface area contributed by atoms with Gasteiger partial charge < -0.3 is 0 Å². The molecule has 0 spiro atoms. The van der Waals surface area contributed by atoms with Crippen molar-refractivity contribution in [2.75, 3.05) is 4.43 Å². The second-order valence-corrected chi connectivity index (χ2v) is 7.26. The maximum atomic E-state index is 8.46. The van der Waals surface area contributed by atoms with Crippen LogP contribution in [0.25, 0.3) is 0 Å². The van der Waals surface area contributed by atoms with E-state index in [1.54, 1.807) is 0 Å². The molecule has 0 rings (SSSR count). The molecule has 0 saturated carbocycles. The first kappa shape index (κ1) is 21.0. The molecule has 0 radical (unpaired) electrons. The summed E-state index contributed by atoms with van der Waals surface area (Å²) in [7, 11) is 0. The smallest absolute Gasteiger partial charge is 0.0627 e. The van der Waals surface area contributed by atoms with Gasteiger partial charge in [0.2, 0.25) is 0 Å². The Bertz CT molecular complexity index is 310. The monoisotopic (exact) mass is 375 g/mol. The van der Waals surface area contributed by atoms with Crippen LogP contribution in [0.1, 0.15) is 48.0 Å². The van der Waals surface area contributed by atoms with E-state index in [4.69, 9.17) is 5.26 Å². The summed E-state index contributed by atoms with van der Waals surface area (Å²) in [5.41, 5.74) is 0.499. The molecule has 2 unspecified atom stereocenters. The predicted octanol–water partition coefficient (Wildman–Crippen LogP) is 6.02. The fraction of sp³-hybridized carbons (Fsp3) is 0.706. The summed E-state index contributed by atoms with van der Waals surface area (Å²) in [4.78, 5) is 0. The van der Waals surface area contributed by atoms with Gasteiger partial charge in [0.15, 0.2) is 0 Å². The molecule has 0 aromatic carbocycles. The molecule has 0 fully saturated rings. The highest BCUT2D eigenvalue weighted by Crippen LogP contribution is 2.30. The third-order valence-electron chi connectivity index (χ3n) is 4.05. The number of alkyl halides is 1. The molecule has 0 aliphatic carbocycles. The molecular formula is C17H30IN. The number of rotatable bonds is 6. The Balaban J connectivity index is 0. The topological polar surface area (TPSA) is 23.8 Å². The Morgan fingerprint density at radius 1 is 1.05 bits per heavy atom. The standard InChI is InChI=1S/C9H15N.C8H15I/c1-5-8(2)9(3,4)6-7-10;1-5-7(2)8(3,4)6-9/h5,8H,1,6H2,2-4H3;5,7H,1,6H2,2-4H3. The van der Waals surface area contributed by atoms with Gasteiger partial charge in [-0.05, 0) is 22.7 Å². The van der Waals surface area contributed by atoms with E-state index >= 15 is 0 Å². The summed E-state index contributed by atoms with van der Waals surface area (Å²) >= 11 is 2.42. The van der Waals surface area contributed by atoms with Gasteiger partial charge in [0.25, 0.3) is 0 Å². The zero-order valence-electron chi connectivity index (χ0n) is 13.5. The van der Waals surface area contributed by atoms with Crippen molar-refractivity contribution >= 4 is 22.6 Å². The largest absolute Gasteiger partial charge is 0.198 e. The van der Waals surface area contributed by atoms with Crippen LogP contribution in [0.5, 0.6) is 0 Å². The molecule has 1 nitrogen and oxygen atoms in total. The van der Waals surface area contributed by atoms with Crippen LogP contribution >= 0.6 is 22.6 Å². The first-order chi connectivity index (χ1) is 8.58. The zero-order chi connectivity index (χ0) is 15.7. The summed E-state index contributed by atoms with van der Waals surface area (Å²) in [6, 6.07) is 2.18. The summed E-state index contributed by atoms with van der Waals surface area (Å²) in [5.74, 6) is 1.03. The van der Waals surface area contributed by atoms with Crippen LogP contribution in [0, 0.1) is 34.0 Å². The molecule has 2 heteroatoms. The van der Waals surface area contributed by atoms with Crippen LogP contribution in [0.3, 0.4) is 0 Å². The Kier molecular flexibility index (Phi) is 10.6. The first-order valence-corrected chi connectivity index (χ1v) is 8.29. The lowest BCUT2D eigenvalue weighted by Gasteiger charge is -2.26. The minimum atomic E-state index is 0.0799. The highest BCUT2D eigenvalue weighted by molar-refractivity contribution is 14.1. The molecule has 0 N–H and O–H groups in total. The van der Waals surface area contributed by atoms with Crippen molar-refractivity contribution in [3.05, 3.63) is 25.3 Å². The third kappa shape index (κ3) is 8.47. The van der Waals surface area contributed by atoms with Crippen molar-refractivity contribution in [2.24, 2.45) is 22.7 Å². The molecule has 0 aliphatic heterocycles. The average molecular weight is 375 g/mol. The van der Waals surface area contributed by atoms with Gasteiger partial charge in [0.1, 0.15) is 0 Å². The minimum absolute atomic E-state index is 0.0799. The van der Waals surface area contributed by atoms with E-state index in [0.29, 0.717) is 23.7 Å². The van der Waals surface area contributed by atoms with Crippen molar-refractivity contribution < 1.29 is 0 Å². The zero-order valence-corrected chi connectivity index (χ0v) is 15.6. The van der Waals surface area contributed by atoms with E-state index in [1.807, 2.05) is 12.2 Å². The summed E-state index contributed by atoms with van der Waals surface area (Å²) in [6.07, 6.45) is 4.52. The highest BCUT2D eigenvalue weighted by Gasteiger charge is 2.22. The van der Waals surface area contributed by atoms with E-state index < -0.39 is 0 Å². The summed E-state index contributed by atoms with van der Waals surface area (Å²) < 4.78 is 1.19. The van der Waals surface area contributed by atoms with E-state index in [0.717, 1.165) is 0 Å². The molecule has 0 amide bonds. The van der Waals surface area contributed by atoms with Gasteiger partial charge in [0.05, 0.1) is 6.07 Å². The van der Waals surface area contributed by atoms with Crippen molar-refractivity contribution in [3.8, 4) is 6.07 Å². The fourth-order valence-corrected chi connectivity index (χ4v) is 1.82. The van der Waals surface area contributed by atoms with Gasteiger partial charge in [-0.1, -0.05) is 76.3 Å². The molecule has 0 aliphatic rings. The molecule has 19 heavy (non-hydrogen) atoms. The second-order valence-electron chi connectivity index (χ2n) is 6.49. The van der Waals surface area contributed by atoms with Gasteiger partial charge in [0, 0.05) is 10.8 Å². The molecule has 0 aromatic rings. The van der Waals surface area contributed by atoms with Crippen LogP contribution < -0.4 is 0 Å². The lowest BCUT2D eigenvalue weighted by Crippen LogP contribution is -2.21. The Morgan fingerprint density at radius 3 is 1.63 bits per heavy atom. The Labute approximate surface area is 134 Å². The lowest BCUT2D eigenvalue weighted by molar-refractivity contribution is 0.285. The molecule has 2 atom stereocenters. The van der Waals surface area contributed by atoms with E-state index in [9.17, 15) is 0 Å². The normalized spacial score (nSPS) is 14.4. The molecule has 0 heterocycles. The van der Waals surface area contributed by atoms with E-state index in [2.05, 4.69) is 83.4 Å². The number of allylic oxidation sites excluding steroid dienone is 2. The second kappa shape index (κ2) is 9.58. The van der Waals surface area contributed by atoms with Crippen LogP contribution in [-0.2, 0) is 0 Å².